The second-order valence-electron chi connectivity index (χ2n) is 5.20. The predicted molar refractivity (Wildman–Crippen MR) is 79.9 cm³/mol. The third-order valence-corrected chi connectivity index (χ3v) is 4.61. The third kappa shape index (κ3) is 2.60. The van der Waals surface area contributed by atoms with Crippen LogP contribution in [-0.4, -0.2) is 21.1 Å². The summed E-state index contributed by atoms with van der Waals surface area (Å²) in [4.78, 5) is 16.4. The molecule has 1 amide bonds. The second-order valence-corrected chi connectivity index (χ2v) is 5.99. The molecule has 1 heterocycles. The van der Waals surface area contributed by atoms with Gasteiger partial charge in [0.25, 0.3) is 5.91 Å². The van der Waals surface area contributed by atoms with Gasteiger partial charge < -0.3 is 5.32 Å². The Balaban J connectivity index is 1.77. The molecule has 0 spiro atoms. The first kappa shape index (κ1) is 13.3. The van der Waals surface area contributed by atoms with Crippen LogP contribution in [0.3, 0.4) is 0 Å². The number of nitrogens with zero attached hydrogens (tertiary/aromatic N) is 2. The van der Waals surface area contributed by atoms with Crippen molar-refractivity contribution in [2.75, 3.05) is 5.32 Å². The molecule has 20 heavy (non-hydrogen) atoms. The van der Waals surface area contributed by atoms with E-state index < -0.39 is 0 Å². The number of aromatic nitrogens is 3. The molecule has 2 aromatic rings. The van der Waals surface area contributed by atoms with Crippen LogP contribution >= 0.6 is 15.9 Å². The van der Waals surface area contributed by atoms with E-state index in [1.807, 2.05) is 26.0 Å². The number of hydrogen-bond donors (Lipinski definition) is 2. The van der Waals surface area contributed by atoms with E-state index in [9.17, 15) is 4.79 Å². The quantitative estimate of drug-likeness (QED) is 0.904. The Labute approximate surface area is 125 Å². The molecule has 1 aliphatic carbocycles. The molecule has 0 atom stereocenters. The smallest absolute Gasteiger partial charge is 0.295 e. The second kappa shape index (κ2) is 5.01. The predicted octanol–water partition coefficient (Wildman–Crippen LogP) is 3.31. The maximum absolute atomic E-state index is 12.1. The largest absolute Gasteiger partial charge is 0.319 e. The van der Waals surface area contributed by atoms with Gasteiger partial charge in [0.15, 0.2) is 0 Å². The van der Waals surface area contributed by atoms with Crippen molar-refractivity contribution in [2.45, 2.75) is 32.6 Å². The molecule has 2 N–H and O–H groups in total. The number of H-pyrrole nitrogens is 1. The summed E-state index contributed by atoms with van der Waals surface area (Å²) in [5.74, 6) is 1.19. The number of anilines is 1. The van der Waals surface area contributed by atoms with Crippen LogP contribution < -0.4 is 5.32 Å². The van der Waals surface area contributed by atoms with Gasteiger partial charge in [0.05, 0.1) is 0 Å². The highest BCUT2D eigenvalue weighted by molar-refractivity contribution is 9.10. The lowest BCUT2D eigenvalue weighted by atomic mass is 10.1. The molecule has 3 rings (SSSR count). The maximum Gasteiger partial charge on any atom is 0.295 e. The molecule has 5 nitrogen and oxygen atoms in total. The van der Waals surface area contributed by atoms with Crippen LogP contribution in [0.15, 0.2) is 16.6 Å². The molecule has 1 aromatic carbocycles. The van der Waals surface area contributed by atoms with Crippen molar-refractivity contribution in [3.63, 3.8) is 0 Å². The van der Waals surface area contributed by atoms with Gasteiger partial charge >= 0.3 is 0 Å². The van der Waals surface area contributed by atoms with Crippen LogP contribution in [0.4, 0.5) is 5.69 Å². The Bertz CT molecular complexity index is 653. The number of aryl methyl sites for hydroxylation is 2. The fourth-order valence-electron chi connectivity index (χ4n) is 2.12. The number of carbonyl (C=O) groups excluding carboxylic acids is 1. The van der Waals surface area contributed by atoms with E-state index in [0.29, 0.717) is 5.92 Å². The molecule has 0 bridgehead atoms. The van der Waals surface area contributed by atoms with E-state index in [4.69, 9.17) is 0 Å². The summed E-state index contributed by atoms with van der Waals surface area (Å²) >= 11 is 3.51. The number of hydrogen-bond acceptors (Lipinski definition) is 3. The monoisotopic (exact) mass is 334 g/mol. The average molecular weight is 335 g/mol. The molecule has 1 saturated carbocycles. The summed E-state index contributed by atoms with van der Waals surface area (Å²) < 4.78 is 1.06. The van der Waals surface area contributed by atoms with E-state index >= 15 is 0 Å². The summed E-state index contributed by atoms with van der Waals surface area (Å²) in [5.41, 5.74) is 2.91. The average Bonchev–Trinajstić information content (AvgIpc) is 3.13. The Kier molecular flexibility index (Phi) is 3.33. The number of halogens is 1. The van der Waals surface area contributed by atoms with E-state index in [2.05, 4.69) is 36.4 Å². The van der Waals surface area contributed by atoms with Crippen LogP contribution in [-0.2, 0) is 0 Å². The maximum atomic E-state index is 12.1. The third-order valence-electron chi connectivity index (χ3n) is 3.36. The Hall–Kier alpha value is -1.69. The minimum Gasteiger partial charge on any atom is -0.319 e. The number of nitrogens with one attached hydrogen (secondary N) is 2. The van der Waals surface area contributed by atoms with Gasteiger partial charge in [-0.15, -0.1) is 5.10 Å². The lowest BCUT2D eigenvalue weighted by molar-refractivity contribution is 0.101. The van der Waals surface area contributed by atoms with E-state index in [-0.39, 0.29) is 11.7 Å². The van der Waals surface area contributed by atoms with Gasteiger partial charge in [-0.2, -0.15) is 0 Å². The zero-order chi connectivity index (χ0) is 14.3. The standard InChI is InChI=1S/C14H15BrN4O/c1-7-5-10(6-8(2)11(7)15)16-14(20)13-17-12(18-19-13)9-3-4-9/h5-6,9H,3-4H2,1-2H3,(H,16,20)(H,17,18,19). The van der Waals surface area contributed by atoms with Gasteiger partial charge in [-0.3, -0.25) is 9.89 Å². The summed E-state index contributed by atoms with van der Waals surface area (Å²) in [5, 5.41) is 9.65. The van der Waals surface area contributed by atoms with Crippen molar-refractivity contribution < 1.29 is 4.79 Å². The van der Waals surface area contributed by atoms with Crippen LogP contribution in [0, 0.1) is 13.8 Å². The van der Waals surface area contributed by atoms with Crippen molar-refractivity contribution in [1.82, 2.24) is 15.2 Å². The van der Waals surface area contributed by atoms with Crippen LogP contribution in [0.1, 0.15) is 46.3 Å². The lowest BCUT2D eigenvalue weighted by Gasteiger charge is -2.08. The molecule has 1 aromatic heterocycles. The number of amides is 1. The SMILES string of the molecule is Cc1cc(NC(=O)c2n[nH]c(C3CC3)n2)cc(C)c1Br. The van der Waals surface area contributed by atoms with Gasteiger partial charge in [0, 0.05) is 16.1 Å². The first-order valence-electron chi connectivity index (χ1n) is 6.55. The fourth-order valence-corrected chi connectivity index (χ4v) is 2.35. The molecule has 0 aliphatic heterocycles. The highest BCUT2D eigenvalue weighted by Crippen LogP contribution is 2.37. The number of aromatic amines is 1. The number of carbonyl (C=O) groups is 1. The summed E-state index contributed by atoms with van der Waals surface area (Å²) in [6.07, 6.45) is 2.25. The minimum atomic E-state index is -0.283. The van der Waals surface area contributed by atoms with Gasteiger partial charge in [0.2, 0.25) is 5.82 Å². The molecule has 0 unspecified atom stereocenters. The number of rotatable bonds is 3. The molecular formula is C14H15BrN4O. The summed E-state index contributed by atoms with van der Waals surface area (Å²) in [7, 11) is 0. The fraction of sp³-hybridized carbons (Fsp3) is 0.357. The van der Waals surface area contributed by atoms with Crippen molar-refractivity contribution in [3.8, 4) is 0 Å². The summed E-state index contributed by atoms with van der Waals surface area (Å²) in [6, 6.07) is 3.84. The first-order valence-corrected chi connectivity index (χ1v) is 7.34. The zero-order valence-corrected chi connectivity index (χ0v) is 12.9. The zero-order valence-electron chi connectivity index (χ0n) is 11.3. The molecule has 0 saturated heterocycles. The Morgan fingerprint density at radius 2 is 2.00 bits per heavy atom. The highest BCUT2D eigenvalue weighted by atomic mass is 79.9. The van der Waals surface area contributed by atoms with Crippen LogP contribution in [0.5, 0.6) is 0 Å². The topological polar surface area (TPSA) is 70.7 Å². The Morgan fingerprint density at radius 3 is 2.60 bits per heavy atom. The van der Waals surface area contributed by atoms with Crippen molar-refractivity contribution >= 4 is 27.5 Å². The van der Waals surface area contributed by atoms with Crippen LogP contribution in [0.2, 0.25) is 0 Å². The van der Waals surface area contributed by atoms with Crippen molar-refractivity contribution in [1.29, 1.82) is 0 Å². The molecule has 6 heteroatoms. The molecule has 0 radical (unpaired) electrons. The van der Waals surface area contributed by atoms with Gasteiger partial charge in [-0.05, 0) is 49.9 Å². The highest BCUT2D eigenvalue weighted by Gasteiger charge is 2.28. The van der Waals surface area contributed by atoms with Gasteiger partial charge in [-0.1, -0.05) is 15.9 Å². The number of benzene rings is 1. The normalized spacial score (nSPS) is 14.3. The minimum absolute atomic E-state index is 0.199. The van der Waals surface area contributed by atoms with E-state index in [0.717, 1.165) is 40.0 Å². The van der Waals surface area contributed by atoms with Gasteiger partial charge in [0.1, 0.15) is 5.82 Å². The molecule has 1 aliphatic rings. The van der Waals surface area contributed by atoms with Crippen molar-refractivity contribution in [3.05, 3.63) is 39.4 Å². The first-order chi connectivity index (χ1) is 9.54. The molecule has 104 valence electrons. The molecule has 1 fully saturated rings. The van der Waals surface area contributed by atoms with E-state index in [1.54, 1.807) is 0 Å². The van der Waals surface area contributed by atoms with Crippen LogP contribution in [0.25, 0.3) is 0 Å². The van der Waals surface area contributed by atoms with E-state index in [1.165, 1.54) is 0 Å². The lowest BCUT2D eigenvalue weighted by Crippen LogP contribution is -2.14. The van der Waals surface area contributed by atoms with Crippen molar-refractivity contribution in [2.24, 2.45) is 0 Å². The molecular weight excluding hydrogens is 320 g/mol. The Morgan fingerprint density at radius 1 is 1.35 bits per heavy atom. The van der Waals surface area contributed by atoms with Gasteiger partial charge in [-0.25, -0.2) is 4.98 Å². The summed E-state index contributed by atoms with van der Waals surface area (Å²) in [6.45, 7) is 3.98.